The predicted octanol–water partition coefficient (Wildman–Crippen LogP) is 4.77. The minimum atomic E-state index is -0.651. The first kappa shape index (κ1) is 24.1. The van der Waals surface area contributed by atoms with Crippen LogP contribution in [0.15, 0.2) is 79.1 Å². The average Bonchev–Trinajstić information content (AvgIpc) is 3.43. The van der Waals surface area contributed by atoms with E-state index in [9.17, 15) is 14.7 Å². The maximum absolute atomic E-state index is 13.4. The third kappa shape index (κ3) is 5.04. The summed E-state index contributed by atoms with van der Waals surface area (Å²) in [6, 6.07) is 19.0. The van der Waals surface area contributed by atoms with Crippen molar-refractivity contribution in [2.75, 3.05) is 19.0 Å². The second-order valence-corrected chi connectivity index (χ2v) is 8.84. The van der Waals surface area contributed by atoms with Crippen molar-refractivity contribution in [1.29, 1.82) is 0 Å². The van der Waals surface area contributed by atoms with E-state index in [-0.39, 0.29) is 23.1 Å². The van der Waals surface area contributed by atoms with Crippen LogP contribution in [-0.2, 0) is 11.4 Å². The van der Waals surface area contributed by atoms with E-state index in [4.69, 9.17) is 9.47 Å². The van der Waals surface area contributed by atoms with Crippen molar-refractivity contribution in [3.05, 3.63) is 90.3 Å². The maximum atomic E-state index is 13.4. The SMILES string of the molecule is COc1ccc(NC(=O)C2CCCN2C(=O)c2ccc3ccccc3c2O)cc1OCc1ccncc1. The number of amides is 2. The number of anilines is 1. The number of carbonyl (C=O) groups is 2. The number of pyridine rings is 1. The van der Waals surface area contributed by atoms with E-state index >= 15 is 0 Å². The van der Waals surface area contributed by atoms with Gasteiger partial charge in [-0.15, -0.1) is 0 Å². The fourth-order valence-corrected chi connectivity index (χ4v) is 4.60. The van der Waals surface area contributed by atoms with Gasteiger partial charge in [-0.2, -0.15) is 0 Å². The molecule has 0 radical (unpaired) electrons. The molecule has 3 aromatic carbocycles. The molecule has 0 aliphatic carbocycles. The molecular formula is C29H27N3O5. The van der Waals surface area contributed by atoms with Gasteiger partial charge in [-0.3, -0.25) is 14.6 Å². The molecule has 8 heteroatoms. The highest BCUT2D eigenvalue weighted by molar-refractivity contribution is 6.06. The summed E-state index contributed by atoms with van der Waals surface area (Å²) in [5, 5.41) is 15.1. The first-order valence-corrected chi connectivity index (χ1v) is 12.1. The van der Waals surface area contributed by atoms with Crippen molar-refractivity contribution in [1.82, 2.24) is 9.88 Å². The van der Waals surface area contributed by atoms with E-state index in [1.807, 2.05) is 30.3 Å². The molecular weight excluding hydrogens is 470 g/mol. The first-order chi connectivity index (χ1) is 18.0. The molecule has 1 aliphatic heterocycles. The number of fused-ring (bicyclic) bond motifs is 1. The highest BCUT2D eigenvalue weighted by atomic mass is 16.5. The van der Waals surface area contributed by atoms with Crippen molar-refractivity contribution in [2.24, 2.45) is 0 Å². The zero-order valence-electron chi connectivity index (χ0n) is 20.4. The van der Waals surface area contributed by atoms with Gasteiger partial charge in [0.2, 0.25) is 5.91 Å². The number of nitrogens with zero attached hydrogens (tertiary/aromatic N) is 2. The summed E-state index contributed by atoms with van der Waals surface area (Å²) in [4.78, 5) is 32.2. The number of ether oxygens (including phenoxy) is 2. The second-order valence-electron chi connectivity index (χ2n) is 8.84. The summed E-state index contributed by atoms with van der Waals surface area (Å²) in [7, 11) is 1.55. The predicted molar refractivity (Wildman–Crippen MR) is 140 cm³/mol. The van der Waals surface area contributed by atoms with Crippen molar-refractivity contribution >= 4 is 28.3 Å². The van der Waals surface area contributed by atoms with Crippen molar-refractivity contribution in [3.8, 4) is 17.2 Å². The number of carbonyl (C=O) groups excluding carboxylic acids is 2. The molecule has 37 heavy (non-hydrogen) atoms. The molecule has 1 saturated heterocycles. The number of nitrogens with one attached hydrogen (secondary N) is 1. The fraction of sp³-hybridized carbons (Fsp3) is 0.207. The Bertz CT molecular complexity index is 1440. The number of benzene rings is 3. The molecule has 1 aromatic heterocycles. The summed E-state index contributed by atoms with van der Waals surface area (Å²) < 4.78 is 11.3. The Hall–Kier alpha value is -4.59. The van der Waals surface area contributed by atoms with E-state index < -0.39 is 6.04 Å². The minimum Gasteiger partial charge on any atom is -0.506 e. The van der Waals surface area contributed by atoms with Crippen LogP contribution in [0, 0.1) is 0 Å². The van der Waals surface area contributed by atoms with E-state index in [1.54, 1.807) is 55.9 Å². The minimum absolute atomic E-state index is 0.0692. The molecule has 4 aromatic rings. The Kier molecular flexibility index (Phi) is 6.89. The summed E-state index contributed by atoms with van der Waals surface area (Å²) in [5.41, 5.74) is 1.67. The Balaban J connectivity index is 1.32. The molecule has 1 unspecified atom stereocenters. The van der Waals surface area contributed by atoms with Gasteiger partial charge in [0, 0.05) is 36.1 Å². The number of likely N-dealkylation sites (tertiary alicyclic amines) is 1. The first-order valence-electron chi connectivity index (χ1n) is 12.1. The zero-order chi connectivity index (χ0) is 25.8. The Labute approximate surface area is 214 Å². The van der Waals surface area contributed by atoms with Gasteiger partial charge in [0.1, 0.15) is 18.4 Å². The van der Waals surface area contributed by atoms with Crippen molar-refractivity contribution in [2.45, 2.75) is 25.5 Å². The molecule has 2 heterocycles. The summed E-state index contributed by atoms with van der Waals surface area (Å²) >= 11 is 0. The van der Waals surface area contributed by atoms with Crippen LogP contribution in [0.3, 0.4) is 0 Å². The summed E-state index contributed by atoms with van der Waals surface area (Å²) in [6.07, 6.45) is 4.62. The highest BCUT2D eigenvalue weighted by Crippen LogP contribution is 2.33. The van der Waals surface area contributed by atoms with Gasteiger partial charge in [-0.05, 0) is 54.1 Å². The van der Waals surface area contributed by atoms with Gasteiger partial charge in [0.25, 0.3) is 5.91 Å². The molecule has 0 saturated carbocycles. The molecule has 5 rings (SSSR count). The summed E-state index contributed by atoms with van der Waals surface area (Å²) in [6.45, 7) is 0.753. The number of hydrogen-bond acceptors (Lipinski definition) is 6. The highest BCUT2D eigenvalue weighted by Gasteiger charge is 2.35. The lowest BCUT2D eigenvalue weighted by Gasteiger charge is -2.25. The average molecular weight is 498 g/mol. The molecule has 1 aliphatic rings. The van der Waals surface area contributed by atoms with Crippen LogP contribution in [-0.4, -0.2) is 46.5 Å². The third-order valence-corrected chi connectivity index (χ3v) is 6.52. The van der Waals surface area contributed by atoms with Gasteiger partial charge < -0.3 is 24.8 Å². The Morgan fingerprint density at radius 1 is 1.05 bits per heavy atom. The van der Waals surface area contributed by atoms with Crippen LogP contribution < -0.4 is 14.8 Å². The number of rotatable bonds is 7. The van der Waals surface area contributed by atoms with Gasteiger partial charge in [-0.1, -0.05) is 30.3 Å². The molecule has 8 nitrogen and oxygen atoms in total. The zero-order valence-corrected chi connectivity index (χ0v) is 20.4. The number of phenolic OH excluding ortho intramolecular Hbond substituents is 1. The van der Waals surface area contributed by atoms with Gasteiger partial charge in [0.15, 0.2) is 11.5 Å². The third-order valence-electron chi connectivity index (χ3n) is 6.52. The Morgan fingerprint density at radius 2 is 1.86 bits per heavy atom. The normalized spacial score (nSPS) is 14.9. The van der Waals surface area contributed by atoms with E-state index in [2.05, 4.69) is 10.3 Å². The van der Waals surface area contributed by atoms with Gasteiger partial charge in [-0.25, -0.2) is 0 Å². The lowest BCUT2D eigenvalue weighted by atomic mass is 10.0. The number of aromatic nitrogens is 1. The lowest BCUT2D eigenvalue weighted by Crippen LogP contribution is -2.43. The second kappa shape index (κ2) is 10.6. The number of phenols is 1. The van der Waals surface area contributed by atoms with E-state index in [1.165, 1.54) is 4.90 Å². The topological polar surface area (TPSA) is 101 Å². The molecule has 2 N–H and O–H groups in total. The molecule has 0 bridgehead atoms. The summed E-state index contributed by atoms with van der Waals surface area (Å²) in [5.74, 6) is 0.294. The largest absolute Gasteiger partial charge is 0.506 e. The van der Waals surface area contributed by atoms with Gasteiger partial charge in [0.05, 0.1) is 12.7 Å². The quantitative estimate of drug-likeness (QED) is 0.381. The van der Waals surface area contributed by atoms with Crippen LogP contribution in [0.4, 0.5) is 5.69 Å². The van der Waals surface area contributed by atoms with Crippen LogP contribution >= 0.6 is 0 Å². The molecule has 188 valence electrons. The van der Waals surface area contributed by atoms with Crippen molar-refractivity contribution < 1.29 is 24.2 Å². The lowest BCUT2D eigenvalue weighted by molar-refractivity contribution is -0.119. The molecule has 1 atom stereocenters. The van der Waals surface area contributed by atoms with Crippen LogP contribution in [0.25, 0.3) is 10.8 Å². The van der Waals surface area contributed by atoms with Crippen LogP contribution in [0.1, 0.15) is 28.8 Å². The fourth-order valence-electron chi connectivity index (χ4n) is 4.60. The molecule has 0 spiro atoms. The van der Waals surface area contributed by atoms with Crippen LogP contribution in [0.5, 0.6) is 17.2 Å². The van der Waals surface area contributed by atoms with Gasteiger partial charge >= 0.3 is 0 Å². The van der Waals surface area contributed by atoms with Crippen molar-refractivity contribution in [3.63, 3.8) is 0 Å². The Morgan fingerprint density at radius 3 is 2.68 bits per heavy atom. The van der Waals surface area contributed by atoms with E-state index in [0.29, 0.717) is 48.6 Å². The molecule has 1 fully saturated rings. The van der Waals surface area contributed by atoms with E-state index in [0.717, 1.165) is 10.9 Å². The number of aromatic hydroxyl groups is 1. The monoisotopic (exact) mass is 497 g/mol. The molecule has 2 amide bonds. The number of methoxy groups -OCH3 is 1. The smallest absolute Gasteiger partial charge is 0.258 e. The standard InChI is InChI=1S/C29H27N3O5/c1-36-25-11-9-21(17-26(25)37-18-19-12-14-30-15-13-19)31-28(34)24-7-4-16-32(24)29(35)23-10-8-20-5-2-3-6-22(20)27(23)33/h2-3,5-6,8-15,17,24,33H,4,7,16,18H2,1H3,(H,31,34). The number of hydrogen-bond donors (Lipinski definition) is 2. The van der Waals surface area contributed by atoms with Crippen LogP contribution in [0.2, 0.25) is 0 Å². The maximum Gasteiger partial charge on any atom is 0.258 e.